The number of halogens is 2. The Bertz CT molecular complexity index is 571. The zero-order chi connectivity index (χ0) is 16.5. The Morgan fingerprint density at radius 2 is 2.16 bits per heavy atom. The molecule has 1 aromatic carbocycles. The number of piperidine rings is 1. The SMILES string of the molecule is [2H]C([2H])([2H])Oc1ccc([N+](=O)[O-])cc1N1CCC(F)(F)CC1. The fourth-order valence-corrected chi connectivity index (χ4v) is 2.03. The van der Waals surface area contributed by atoms with Crippen molar-refractivity contribution < 1.29 is 22.6 Å². The third-order valence-electron chi connectivity index (χ3n) is 3.10. The van der Waals surface area contributed by atoms with Crippen LogP contribution in [0.2, 0.25) is 0 Å². The van der Waals surface area contributed by atoms with E-state index in [9.17, 15) is 18.9 Å². The molecule has 0 amide bonds. The van der Waals surface area contributed by atoms with Crippen LogP contribution in [0.15, 0.2) is 18.2 Å². The molecular formula is C12H14F2N2O3. The molecule has 5 nitrogen and oxygen atoms in total. The molecule has 1 saturated heterocycles. The average molecular weight is 275 g/mol. The summed E-state index contributed by atoms with van der Waals surface area (Å²) in [5, 5.41) is 10.9. The summed E-state index contributed by atoms with van der Waals surface area (Å²) in [6.45, 7) is -0.0724. The Hall–Kier alpha value is -1.92. The predicted octanol–water partition coefficient (Wildman–Crippen LogP) is 2.84. The summed E-state index contributed by atoms with van der Waals surface area (Å²) in [4.78, 5) is 11.7. The lowest BCUT2D eigenvalue weighted by Gasteiger charge is -2.33. The van der Waals surface area contributed by atoms with E-state index in [-0.39, 0.29) is 30.2 Å². The van der Waals surface area contributed by atoms with Gasteiger partial charge in [0.2, 0.25) is 0 Å². The monoisotopic (exact) mass is 275 g/mol. The molecule has 1 fully saturated rings. The Morgan fingerprint density at radius 1 is 1.47 bits per heavy atom. The normalized spacial score (nSPS) is 21.2. The van der Waals surface area contributed by atoms with E-state index in [0.29, 0.717) is 0 Å². The van der Waals surface area contributed by atoms with Crippen molar-refractivity contribution in [1.82, 2.24) is 0 Å². The van der Waals surface area contributed by atoms with Gasteiger partial charge in [-0.2, -0.15) is 0 Å². The van der Waals surface area contributed by atoms with Crippen molar-refractivity contribution in [3.8, 4) is 5.75 Å². The number of hydrogen-bond donors (Lipinski definition) is 0. The summed E-state index contributed by atoms with van der Waals surface area (Å²) in [6.07, 6.45) is -0.800. The number of ether oxygens (including phenoxy) is 1. The fraction of sp³-hybridized carbons (Fsp3) is 0.500. The van der Waals surface area contributed by atoms with E-state index < -0.39 is 30.7 Å². The smallest absolute Gasteiger partial charge is 0.271 e. The standard InChI is InChI=1S/C12H14F2N2O3/c1-19-11-3-2-9(16(17)18)8-10(11)15-6-4-12(13,14)5-7-15/h2-3,8H,4-7H2,1H3/i1D3. The predicted molar refractivity (Wildman–Crippen MR) is 66.0 cm³/mol. The second kappa shape index (κ2) is 4.99. The van der Waals surface area contributed by atoms with Crippen LogP contribution in [0, 0.1) is 10.1 Å². The molecule has 0 aromatic heterocycles. The van der Waals surface area contributed by atoms with E-state index in [1.807, 2.05) is 0 Å². The molecule has 104 valence electrons. The molecule has 0 radical (unpaired) electrons. The van der Waals surface area contributed by atoms with Gasteiger partial charge in [-0.3, -0.25) is 10.1 Å². The molecular weight excluding hydrogens is 258 g/mol. The van der Waals surface area contributed by atoms with Gasteiger partial charge in [0.1, 0.15) is 5.75 Å². The summed E-state index contributed by atoms with van der Waals surface area (Å²) >= 11 is 0. The van der Waals surface area contributed by atoms with E-state index in [1.54, 1.807) is 0 Å². The molecule has 0 bridgehead atoms. The number of non-ortho nitro benzene ring substituents is 1. The lowest BCUT2D eigenvalue weighted by atomic mass is 10.1. The van der Waals surface area contributed by atoms with Crippen LogP contribution in [0.5, 0.6) is 5.75 Å². The molecule has 0 aliphatic carbocycles. The van der Waals surface area contributed by atoms with Gasteiger partial charge in [-0.25, -0.2) is 8.78 Å². The van der Waals surface area contributed by atoms with Crippen molar-refractivity contribution >= 4 is 11.4 Å². The van der Waals surface area contributed by atoms with E-state index in [1.165, 1.54) is 11.0 Å². The van der Waals surface area contributed by atoms with Gasteiger partial charge in [-0.05, 0) is 6.07 Å². The summed E-state index contributed by atoms with van der Waals surface area (Å²) in [5.74, 6) is -2.86. The highest BCUT2D eigenvalue weighted by atomic mass is 19.3. The third kappa shape index (κ3) is 2.91. The summed E-state index contributed by atoms with van der Waals surface area (Å²) in [6, 6.07) is 3.43. The highest BCUT2D eigenvalue weighted by Crippen LogP contribution is 2.36. The van der Waals surface area contributed by atoms with E-state index in [2.05, 4.69) is 0 Å². The number of nitrogens with zero attached hydrogens (tertiary/aromatic N) is 2. The maximum atomic E-state index is 13.2. The number of benzene rings is 1. The van der Waals surface area contributed by atoms with Crippen LogP contribution in [0.3, 0.4) is 0 Å². The maximum Gasteiger partial charge on any atom is 0.271 e. The van der Waals surface area contributed by atoms with Gasteiger partial charge in [0.25, 0.3) is 11.6 Å². The van der Waals surface area contributed by atoms with Crippen molar-refractivity contribution in [3.63, 3.8) is 0 Å². The van der Waals surface area contributed by atoms with Crippen molar-refractivity contribution in [1.29, 1.82) is 0 Å². The summed E-state index contributed by atoms with van der Waals surface area (Å²) in [7, 11) is -2.73. The van der Waals surface area contributed by atoms with Crippen molar-refractivity contribution in [2.45, 2.75) is 18.8 Å². The third-order valence-corrected chi connectivity index (χ3v) is 3.10. The number of methoxy groups -OCH3 is 1. The average Bonchev–Trinajstić information content (AvgIpc) is 2.37. The first-order valence-corrected chi connectivity index (χ1v) is 5.68. The van der Waals surface area contributed by atoms with Crippen molar-refractivity contribution in [2.75, 3.05) is 25.0 Å². The van der Waals surface area contributed by atoms with Gasteiger partial charge in [0.15, 0.2) is 0 Å². The minimum atomic E-state index is -2.78. The molecule has 1 aliphatic rings. The van der Waals surface area contributed by atoms with E-state index in [0.717, 1.165) is 12.1 Å². The molecule has 2 rings (SSSR count). The molecule has 19 heavy (non-hydrogen) atoms. The van der Waals surface area contributed by atoms with Crippen LogP contribution < -0.4 is 9.64 Å². The van der Waals surface area contributed by atoms with Crippen LogP contribution in [0.4, 0.5) is 20.2 Å². The summed E-state index contributed by atoms with van der Waals surface area (Å²) < 4.78 is 52.6. The first-order valence-electron chi connectivity index (χ1n) is 7.18. The van der Waals surface area contributed by atoms with Gasteiger partial charge >= 0.3 is 0 Å². The first kappa shape index (κ1) is 9.94. The number of rotatable bonds is 3. The Labute approximate surface area is 113 Å². The first-order chi connectivity index (χ1) is 10.1. The molecule has 0 N–H and O–H groups in total. The zero-order valence-electron chi connectivity index (χ0n) is 12.9. The van der Waals surface area contributed by atoms with Crippen LogP contribution in [-0.4, -0.2) is 31.0 Å². The van der Waals surface area contributed by atoms with Gasteiger partial charge < -0.3 is 9.64 Å². The van der Waals surface area contributed by atoms with Gasteiger partial charge in [-0.15, -0.1) is 0 Å². The molecule has 0 spiro atoms. The highest BCUT2D eigenvalue weighted by molar-refractivity contribution is 5.63. The van der Waals surface area contributed by atoms with E-state index in [4.69, 9.17) is 8.85 Å². The topological polar surface area (TPSA) is 55.6 Å². The molecule has 0 saturated carbocycles. The molecule has 1 aliphatic heterocycles. The zero-order valence-corrected chi connectivity index (χ0v) is 9.94. The van der Waals surface area contributed by atoms with Crippen LogP contribution >= 0.6 is 0 Å². The van der Waals surface area contributed by atoms with E-state index >= 15 is 0 Å². The number of alkyl halides is 2. The second-order valence-corrected chi connectivity index (χ2v) is 4.35. The molecule has 0 atom stereocenters. The van der Waals surface area contributed by atoms with Crippen LogP contribution in [0.25, 0.3) is 0 Å². The number of nitro groups is 1. The molecule has 1 heterocycles. The fourth-order valence-electron chi connectivity index (χ4n) is 2.03. The van der Waals surface area contributed by atoms with Gasteiger partial charge in [-0.1, -0.05) is 0 Å². The van der Waals surface area contributed by atoms with Crippen LogP contribution in [-0.2, 0) is 0 Å². The molecule has 1 aromatic rings. The Balaban J connectivity index is 2.33. The van der Waals surface area contributed by atoms with Gasteiger partial charge in [0.05, 0.1) is 21.8 Å². The van der Waals surface area contributed by atoms with Gasteiger partial charge in [0, 0.05) is 38.1 Å². The number of hydrogen-bond acceptors (Lipinski definition) is 4. The minimum absolute atomic E-state index is 0.0362. The minimum Gasteiger partial charge on any atom is -0.495 e. The molecule has 7 heteroatoms. The number of anilines is 1. The number of nitro benzene ring substituents is 1. The second-order valence-electron chi connectivity index (χ2n) is 4.35. The largest absolute Gasteiger partial charge is 0.495 e. The van der Waals surface area contributed by atoms with Crippen molar-refractivity contribution in [3.05, 3.63) is 28.3 Å². The quantitative estimate of drug-likeness (QED) is 0.628. The Morgan fingerprint density at radius 3 is 2.74 bits per heavy atom. The summed E-state index contributed by atoms with van der Waals surface area (Å²) in [5.41, 5.74) is -0.119. The lowest BCUT2D eigenvalue weighted by Crippen LogP contribution is -2.39. The van der Waals surface area contributed by atoms with Crippen molar-refractivity contribution in [2.24, 2.45) is 0 Å². The Kier molecular flexibility index (Phi) is 2.61. The lowest BCUT2D eigenvalue weighted by molar-refractivity contribution is -0.384. The highest BCUT2D eigenvalue weighted by Gasteiger charge is 2.35. The van der Waals surface area contributed by atoms with Crippen LogP contribution in [0.1, 0.15) is 17.0 Å². The maximum absolute atomic E-state index is 13.2. The molecule has 0 unspecified atom stereocenters.